The lowest BCUT2D eigenvalue weighted by atomic mass is 10.1. The van der Waals surface area contributed by atoms with E-state index in [1.54, 1.807) is 32.2 Å². The van der Waals surface area contributed by atoms with Crippen LogP contribution in [-0.2, 0) is 10.0 Å². The molecule has 1 aliphatic carbocycles. The van der Waals surface area contributed by atoms with Gasteiger partial charge in [-0.1, -0.05) is 19.1 Å². The smallest absolute Gasteiger partial charge is 0.243 e. The van der Waals surface area contributed by atoms with Crippen molar-refractivity contribution in [1.82, 2.24) is 4.31 Å². The van der Waals surface area contributed by atoms with Crippen molar-refractivity contribution in [2.24, 2.45) is 0 Å². The zero-order valence-corrected chi connectivity index (χ0v) is 11.4. The lowest BCUT2D eigenvalue weighted by Crippen LogP contribution is -2.29. The van der Waals surface area contributed by atoms with Crippen LogP contribution in [0, 0.1) is 0 Å². The second-order valence-corrected chi connectivity index (χ2v) is 6.55. The number of ketones is 1. The fraction of sp³-hybridized carbons (Fsp3) is 0.462. The zero-order valence-electron chi connectivity index (χ0n) is 10.6. The fourth-order valence-electron chi connectivity index (χ4n) is 1.83. The van der Waals surface area contributed by atoms with Gasteiger partial charge in [-0.25, -0.2) is 8.42 Å². The van der Waals surface area contributed by atoms with Gasteiger partial charge in [0.2, 0.25) is 10.0 Å². The Morgan fingerprint density at radius 3 is 2.61 bits per heavy atom. The summed E-state index contributed by atoms with van der Waals surface area (Å²) in [6.45, 7) is 1.76. The van der Waals surface area contributed by atoms with Crippen molar-refractivity contribution in [2.75, 3.05) is 7.05 Å². The van der Waals surface area contributed by atoms with Crippen molar-refractivity contribution in [3.05, 3.63) is 29.8 Å². The summed E-state index contributed by atoms with van der Waals surface area (Å²) in [5.41, 5.74) is 0.461. The van der Waals surface area contributed by atoms with Crippen LogP contribution < -0.4 is 0 Å². The predicted molar refractivity (Wildman–Crippen MR) is 69.0 cm³/mol. The minimum atomic E-state index is -3.46. The van der Waals surface area contributed by atoms with Crippen LogP contribution in [0.4, 0.5) is 0 Å². The highest BCUT2D eigenvalue weighted by Crippen LogP contribution is 2.30. The molecule has 2 rings (SSSR count). The maximum absolute atomic E-state index is 12.3. The van der Waals surface area contributed by atoms with Gasteiger partial charge in [-0.3, -0.25) is 4.79 Å². The van der Waals surface area contributed by atoms with Gasteiger partial charge < -0.3 is 0 Å². The average molecular weight is 267 g/mol. The Bertz CT molecular complexity index is 561. The molecule has 0 atom stereocenters. The first-order valence-electron chi connectivity index (χ1n) is 6.08. The lowest BCUT2D eigenvalue weighted by Gasteiger charge is -2.16. The van der Waals surface area contributed by atoms with Crippen LogP contribution in [-0.4, -0.2) is 31.6 Å². The minimum absolute atomic E-state index is 0.0406. The summed E-state index contributed by atoms with van der Waals surface area (Å²) >= 11 is 0. The standard InChI is InChI=1S/C13H17NO3S/c1-3-13(15)10-5-4-6-12(9-10)18(16,17)14(2)11-7-8-11/h4-6,9,11H,3,7-8H2,1-2H3. The molecule has 1 saturated carbocycles. The summed E-state index contributed by atoms with van der Waals surface area (Å²) in [4.78, 5) is 11.8. The van der Waals surface area contributed by atoms with Gasteiger partial charge in [0.1, 0.15) is 0 Å². The van der Waals surface area contributed by atoms with Crippen LogP contribution in [0.1, 0.15) is 36.5 Å². The number of hydrogen-bond acceptors (Lipinski definition) is 3. The van der Waals surface area contributed by atoms with Crippen LogP contribution >= 0.6 is 0 Å². The highest BCUT2D eigenvalue weighted by Gasteiger charge is 2.35. The Balaban J connectivity index is 2.35. The lowest BCUT2D eigenvalue weighted by molar-refractivity contribution is 0.0988. The van der Waals surface area contributed by atoms with Gasteiger partial charge in [0.25, 0.3) is 0 Å². The molecular formula is C13H17NO3S. The van der Waals surface area contributed by atoms with Crippen molar-refractivity contribution in [3.63, 3.8) is 0 Å². The van der Waals surface area contributed by atoms with Crippen LogP contribution in [0.2, 0.25) is 0 Å². The van der Waals surface area contributed by atoms with E-state index in [1.165, 1.54) is 10.4 Å². The van der Waals surface area contributed by atoms with Gasteiger partial charge in [-0.15, -0.1) is 0 Å². The van der Waals surface area contributed by atoms with Gasteiger partial charge in [0.05, 0.1) is 4.90 Å². The molecule has 0 unspecified atom stereocenters. The number of Topliss-reactive ketones (excluding diaryl/α,β-unsaturated/α-hetero) is 1. The summed E-state index contributed by atoms with van der Waals surface area (Å²) in [5.74, 6) is -0.0406. The molecule has 98 valence electrons. The molecule has 1 aromatic rings. The number of benzene rings is 1. The third-order valence-corrected chi connectivity index (χ3v) is 5.12. The summed E-state index contributed by atoms with van der Waals surface area (Å²) < 4.78 is 26.0. The predicted octanol–water partition coefficient (Wildman–Crippen LogP) is 2.06. The highest BCUT2D eigenvalue weighted by molar-refractivity contribution is 7.89. The van der Waals surface area contributed by atoms with Crippen molar-refractivity contribution < 1.29 is 13.2 Å². The van der Waals surface area contributed by atoms with E-state index in [-0.39, 0.29) is 16.7 Å². The molecule has 0 aromatic heterocycles. The maximum atomic E-state index is 12.3. The van der Waals surface area contributed by atoms with Crippen molar-refractivity contribution in [2.45, 2.75) is 37.1 Å². The number of carbonyl (C=O) groups excluding carboxylic acids is 1. The molecule has 0 bridgehead atoms. The normalized spacial score (nSPS) is 15.9. The average Bonchev–Trinajstić information content (AvgIpc) is 3.21. The van der Waals surface area contributed by atoms with Gasteiger partial charge in [-0.2, -0.15) is 4.31 Å². The zero-order chi connectivity index (χ0) is 13.3. The first-order valence-corrected chi connectivity index (χ1v) is 7.52. The minimum Gasteiger partial charge on any atom is -0.294 e. The number of carbonyl (C=O) groups is 1. The van der Waals surface area contributed by atoms with Gasteiger partial charge in [0.15, 0.2) is 5.78 Å². The number of rotatable bonds is 5. The molecule has 5 heteroatoms. The van der Waals surface area contributed by atoms with E-state index >= 15 is 0 Å². The largest absolute Gasteiger partial charge is 0.294 e. The van der Waals surface area contributed by atoms with Gasteiger partial charge >= 0.3 is 0 Å². The van der Waals surface area contributed by atoms with E-state index in [9.17, 15) is 13.2 Å². The Hall–Kier alpha value is -1.20. The third-order valence-electron chi connectivity index (χ3n) is 3.22. The SMILES string of the molecule is CCC(=O)c1cccc(S(=O)(=O)N(C)C2CC2)c1. The highest BCUT2D eigenvalue weighted by atomic mass is 32.2. The van der Waals surface area contributed by atoms with Crippen LogP contribution in [0.3, 0.4) is 0 Å². The maximum Gasteiger partial charge on any atom is 0.243 e. The monoisotopic (exact) mass is 267 g/mol. The first kappa shape index (κ1) is 13.2. The quantitative estimate of drug-likeness (QED) is 0.767. The Labute approximate surface area is 108 Å². The molecule has 18 heavy (non-hydrogen) atoms. The second kappa shape index (κ2) is 4.82. The molecule has 4 nitrogen and oxygen atoms in total. The van der Waals surface area contributed by atoms with Crippen LogP contribution in [0.5, 0.6) is 0 Å². The Kier molecular flexibility index (Phi) is 3.54. The van der Waals surface area contributed by atoms with E-state index in [0.717, 1.165) is 12.8 Å². The molecule has 1 fully saturated rings. The summed E-state index contributed by atoms with van der Waals surface area (Å²) in [6.07, 6.45) is 2.22. The molecule has 0 saturated heterocycles. The molecule has 0 spiro atoms. The molecule has 0 N–H and O–H groups in total. The van der Waals surface area contributed by atoms with E-state index in [4.69, 9.17) is 0 Å². The van der Waals surface area contributed by atoms with Crippen molar-refractivity contribution in [3.8, 4) is 0 Å². The first-order chi connectivity index (χ1) is 8.46. The van der Waals surface area contributed by atoms with Crippen LogP contribution in [0.25, 0.3) is 0 Å². The van der Waals surface area contributed by atoms with Crippen LogP contribution in [0.15, 0.2) is 29.2 Å². The van der Waals surface area contributed by atoms with E-state index < -0.39 is 10.0 Å². The summed E-state index contributed by atoms with van der Waals surface area (Å²) in [6, 6.07) is 6.42. The number of hydrogen-bond donors (Lipinski definition) is 0. The Morgan fingerprint density at radius 1 is 1.39 bits per heavy atom. The van der Waals surface area contributed by atoms with E-state index in [1.807, 2.05) is 0 Å². The number of nitrogens with zero attached hydrogens (tertiary/aromatic N) is 1. The molecule has 1 aromatic carbocycles. The van der Waals surface area contributed by atoms with Gasteiger partial charge in [-0.05, 0) is 25.0 Å². The molecule has 0 radical (unpaired) electrons. The number of sulfonamides is 1. The van der Waals surface area contributed by atoms with E-state index in [2.05, 4.69) is 0 Å². The van der Waals surface area contributed by atoms with Gasteiger partial charge in [0, 0.05) is 25.1 Å². The van der Waals surface area contributed by atoms with E-state index in [0.29, 0.717) is 12.0 Å². The van der Waals surface area contributed by atoms with Crippen molar-refractivity contribution >= 4 is 15.8 Å². The molecule has 1 aliphatic rings. The van der Waals surface area contributed by atoms with Crippen molar-refractivity contribution in [1.29, 1.82) is 0 Å². The molecule has 0 aliphatic heterocycles. The summed E-state index contributed by atoms with van der Waals surface area (Å²) in [5, 5.41) is 0. The Morgan fingerprint density at radius 2 is 2.06 bits per heavy atom. The molecular weight excluding hydrogens is 250 g/mol. The molecule has 0 amide bonds. The third kappa shape index (κ3) is 2.47. The topological polar surface area (TPSA) is 54.5 Å². The fourth-order valence-corrected chi connectivity index (χ4v) is 3.30. The molecule has 0 heterocycles. The second-order valence-electron chi connectivity index (χ2n) is 4.56. The summed E-state index contributed by atoms with van der Waals surface area (Å²) in [7, 11) is -1.86.